The monoisotopic (exact) mass is 693 g/mol. The molecule has 0 aliphatic rings. The van der Waals surface area contributed by atoms with E-state index in [1.54, 1.807) is 0 Å². The van der Waals surface area contributed by atoms with E-state index < -0.39 is 51.1 Å². The number of esters is 2. The molecule has 0 fully saturated rings. The number of carbonyl (C=O) groups excluding carboxylic acids is 2. The fourth-order valence-electron chi connectivity index (χ4n) is 5.12. The van der Waals surface area contributed by atoms with Gasteiger partial charge in [0, 0.05) is 12.8 Å². The molecule has 11 nitrogen and oxygen atoms in total. The van der Waals surface area contributed by atoms with Crippen molar-refractivity contribution in [3.8, 4) is 0 Å². The number of carboxylic acids is 1. The maximum atomic E-state index is 12.5. The van der Waals surface area contributed by atoms with Crippen LogP contribution in [0.5, 0.6) is 0 Å². The summed E-state index contributed by atoms with van der Waals surface area (Å²) in [5.74, 6) is -2.37. The number of aliphatic carboxylic acids is 1. The lowest BCUT2D eigenvalue weighted by molar-refractivity contribution is -0.161. The van der Waals surface area contributed by atoms with Crippen LogP contribution in [0.2, 0.25) is 0 Å². The van der Waals surface area contributed by atoms with E-state index in [2.05, 4.69) is 18.4 Å². The summed E-state index contributed by atoms with van der Waals surface area (Å²) < 4.78 is 32.5. The molecule has 1 unspecified atom stereocenters. The molecule has 4 N–H and O–H groups in total. The first-order chi connectivity index (χ1) is 22.6. The number of rotatable bonds is 35. The molecular weight excluding hydrogens is 625 g/mol. The number of phosphoric acid groups is 1. The Labute approximate surface area is 285 Å². The first-order valence-electron chi connectivity index (χ1n) is 18.6. The molecular formula is C35H68NO10P. The van der Waals surface area contributed by atoms with Gasteiger partial charge in [-0.3, -0.25) is 23.4 Å². The number of phosphoric ester groups is 1. The third-order valence-electron chi connectivity index (χ3n) is 8.11. The minimum Gasteiger partial charge on any atom is -0.480 e. The van der Waals surface area contributed by atoms with Crippen molar-refractivity contribution in [3.63, 3.8) is 0 Å². The third kappa shape index (κ3) is 31.5. The highest BCUT2D eigenvalue weighted by atomic mass is 31.2. The number of ether oxygens (including phenoxy) is 2. The maximum absolute atomic E-state index is 12.5. The van der Waals surface area contributed by atoms with Gasteiger partial charge in [-0.25, -0.2) is 4.57 Å². The van der Waals surface area contributed by atoms with E-state index in [1.165, 1.54) is 96.3 Å². The summed E-state index contributed by atoms with van der Waals surface area (Å²) in [6.45, 7) is 2.77. The quantitative estimate of drug-likeness (QED) is 0.0329. The Balaban J connectivity index is 4.39. The van der Waals surface area contributed by atoms with Crippen LogP contribution in [0.1, 0.15) is 174 Å². The summed E-state index contributed by atoms with van der Waals surface area (Å²) in [6.07, 6.45) is 26.1. The summed E-state index contributed by atoms with van der Waals surface area (Å²) in [7, 11) is -4.70. The lowest BCUT2D eigenvalue weighted by Crippen LogP contribution is -2.34. The van der Waals surface area contributed by atoms with Gasteiger partial charge >= 0.3 is 25.7 Å². The normalized spacial score (nSPS) is 14.0. The van der Waals surface area contributed by atoms with Gasteiger partial charge in [0.15, 0.2) is 6.10 Å². The molecule has 0 saturated heterocycles. The van der Waals surface area contributed by atoms with Crippen LogP contribution in [-0.4, -0.2) is 59.9 Å². The molecule has 0 saturated carbocycles. The first kappa shape index (κ1) is 45.5. The second-order valence-electron chi connectivity index (χ2n) is 12.7. The summed E-state index contributed by atoms with van der Waals surface area (Å²) >= 11 is 0. The molecule has 0 aliphatic carbocycles. The largest absolute Gasteiger partial charge is 0.480 e. The van der Waals surface area contributed by atoms with Crippen LogP contribution in [0, 0.1) is 0 Å². The lowest BCUT2D eigenvalue weighted by Gasteiger charge is -2.20. The van der Waals surface area contributed by atoms with Gasteiger partial charge in [-0.2, -0.15) is 0 Å². The van der Waals surface area contributed by atoms with Gasteiger partial charge in [-0.15, -0.1) is 0 Å². The van der Waals surface area contributed by atoms with Crippen molar-refractivity contribution >= 4 is 25.7 Å². The molecule has 0 aliphatic heterocycles. The summed E-state index contributed by atoms with van der Waals surface area (Å²) in [5.41, 5.74) is 5.30. The van der Waals surface area contributed by atoms with Gasteiger partial charge in [-0.05, 0) is 12.8 Å². The minimum absolute atomic E-state index is 0.167. The summed E-state index contributed by atoms with van der Waals surface area (Å²) in [4.78, 5) is 45.6. The maximum Gasteiger partial charge on any atom is 0.472 e. The molecule has 0 radical (unpaired) electrons. The molecule has 12 heteroatoms. The Bertz CT molecular complexity index is 828. The van der Waals surface area contributed by atoms with E-state index in [0.717, 1.165) is 38.5 Å². The van der Waals surface area contributed by atoms with Crippen molar-refractivity contribution in [1.82, 2.24) is 0 Å². The standard InChI is InChI=1S/C35H68NO10P/c1-3-5-7-9-11-13-14-15-16-17-19-20-22-24-26-33(37)43-28-31(29-44-47(41,42)45-30-32(36)35(39)40)46-34(38)27-25-23-21-18-12-10-8-6-4-2/h31-32H,3-30,36H2,1-2H3,(H,39,40)(H,41,42)/t31-,32+/m0/s1. The molecule has 3 atom stereocenters. The third-order valence-corrected chi connectivity index (χ3v) is 9.06. The van der Waals surface area contributed by atoms with Crippen LogP contribution in [0.3, 0.4) is 0 Å². The van der Waals surface area contributed by atoms with Gasteiger partial charge in [0.1, 0.15) is 12.6 Å². The molecule has 0 aromatic heterocycles. The molecule has 0 spiro atoms. The Hall–Kier alpha value is -1.52. The van der Waals surface area contributed by atoms with E-state index in [1.807, 2.05) is 0 Å². The number of unbranched alkanes of at least 4 members (excludes halogenated alkanes) is 21. The molecule has 0 bridgehead atoms. The van der Waals surface area contributed by atoms with E-state index in [0.29, 0.717) is 12.8 Å². The SMILES string of the molecule is CCCCCCCCCCCCCCCCC(=O)OC[C@@H](COP(=O)(O)OC[C@@H](N)C(=O)O)OC(=O)CCCCCCCCCCC. The highest BCUT2D eigenvalue weighted by Gasteiger charge is 2.28. The Kier molecular flexibility index (Phi) is 30.7. The molecule has 0 heterocycles. The average Bonchev–Trinajstić information content (AvgIpc) is 3.04. The molecule has 0 rings (SSSR count). The second kappa shape index (κ2) is 31.7. The van der Waals surface area contributed by atoms with Gasteiger partial charge in [-0.1, -0.05) is 149 Å². The predicted molar refractivity (Wildman–Crippen MR) is 185 cm³/mol. The van der Waals surface area contributed by atoms with Gasteiger partial charge in [0.05, 0.1) is 13.2 Å². The van der Waals surface area contributed by atoms with Crippen molar-refractivity contribution in [2.24, 2.45) is 5.73 Å². The second-order valence-corrected chi connectivity index (χ2v) is 14.2. The van der Waals surface area contributed by atoms with Crippen molar-refractivity contribution in [2.45, 2.75) is 187 Å². The van der Waals surface area contributed by atoms with Gasteiger partial charge in [0.2, 0.25) is 0 Å². The topological polar surface area (TPSA) is 172 Å². The fourth-order valence-corrected chi connectivity index (χ4v) is 5.90. The first-order valence-corrected chi connectivity index (χ1v) is 20.1. The number of nitrogens with two attached hydrogens (primary N) is 1. The Morgan fingerprint density at radius 3 is 1.34 bits per heavy atom. The van der Waals surface area contributed by atoms with Gasteiger partial charge < -0.3 is 25.2 Å². The smallest absolute Gasteiger partial charge is 0.472 e. The number of carboxylic acid groups (broad SMARTS) is 1. The molecule has 0 aromatic carbocycles. The lowest BCUT2D eigenvalue weighted by atomic mass is 10.0. The predicted octanol–water partition coefficient (Wildman–Crippen LogP) is 8.78. The van der Waals surface area contributed by atoms with E-state index in [-0.39, 0.29) is 19.4 Å². The zero-order valence-corrected chi connectivity index (χ0v) is 30.5. The zero-order chi connectivity index (χ0) is 35.0. The van der Waals surface area contributed by atoms with Crippen molar-refractivity contribution in [2.75, 3.05) is 19.8 Å². The van der Waals surface area contributed by atoms with Gasteiger partial charge in [0.25, 0.3) is 0 Å². The van der Waals surface area contributed by atoms with Crippen molar-refractivity contribution in [1.29, 1.82) is 0 Å². The van der Waals surface area contributed by atoms with E-state index in [9.17, 15) is 23.8 Å². The minimum atomic E-state index is -4.70. The molecule has 278 valence electrons. The van der Waals surface area contributed by atoms with Crippen LogP contribution in [0.15, 0.2) is 0 Å². The van der Waals surface area contributed by atoms with Crippen LogP contribution in [0.25, 0.3) is 0 Å². The van der Waals surface area contributed by atoms with E-state index >= 15 is 0 Å². The zero-order valence-electron chi connectivity index (χ0n) is 29.6. The van der Waals surface area contributed by atoms with Crippen LogP contribution < -0.4 is 5.73 Å². The number of hydrogen-bond acceptors (Lipinski definition) is 9. The highest BCUT2D eigenvalue weighted by Crippen LogP contribution is 2.43. The summed E-state index contributed by atoms with van der Waals surface area (Å²) in [5, 5.41) is 8.83. The van der Waals surface area contributed by atoms with Crippen molar-refractivity contribution < 1.29 is 47.5 Å². The van der Waals surface area contributed by atoms with E-state index in [4.69, 9.17) is 24.8 Å². The average molecular weight is 694 g/mol. The molecule has 0 amide bonds. The van der Waals surface area contributed by atoms with Crippen LogP contribution in [-0.2, 0) is 37.5 Å². The Morgan fingerprint density at radius 1 is 0.574 bits per heavy atom. The van der Waals surface area contributed by atoms with Crippen LogP contribution in [0.4, 0.5) is 0 Å². The molecule has 47 heavy (non-hydrogen) atoms. The fraction of sp³-hybridized carbons (Fsp3) is 0.914. The highest BCUT2D eigenvalue weighted by molar-refractivity contribution is 7.47. The molecule has 0 aromatic rings. The Morgan fingerprint density at radius 2 is 0.936 bits per heavy atom. The van der Waals surface area contributed by atoms with Crippen molar-refractivity contribution in [3.05, 3.63) is 0 Å². The number of hydrogen-bond donors (Lipinski definition) is 3. The summed E-state index contributed by atoms with van der Waals surface area (Å²) in [6, 6.07) is -1.51. The van der Waals surface area contributed by atoms with Crippen LogP contribution >= 0.6 is 7.82 Å². The number of carbonyl (C=O) groups is 3.